The van der Waals surface area contributed by atoms with Crippen molar-refractivity contribution in [2.75, 3.05) is 23.1 Å². The van der Waals surface area contributed by atoms with E-state index in [1.807, 2.05) is 12.1 Å². The molecule has 0 atom stereocenters. The molecular formula is C23H23N3O3S. The Morgan fingerprint density at radius 3 is 2.43 bits per heavy atom. The molecule has 0 spiro atoms. The first-order valence-electron chi connectivity index (χ1n) is 9.60. The van der Waals surface area contributed by atoms with Crippen LogP contribution in [0, 0.1) is 11.3 Å². The number of hydrogen-bond donors (Lipinski definition) is 0. The number of nitriles is 1. The molecule has 1 heterocycles. The lowest BCUT2D eigenvalue weighted by Gasteiger charge is -2.19. The van der Waals surface area contributed by atoms with Crippen LogP contribution in [0.25, 0.3) is 6.08 Å². The number of carbonyl (C=O) groups is 1. The molecule has 7 heteroatoms. The van der Waals surface area contributed by atoms with Gasteiger partial charge in [-0.3, -0.25) is 9.10 Å². The maximum Gasteiger partial charge on any atom is 0.247 e. The molecular weight excluding hydrogens is 398 g/mol. The smallest absolute Gasteiger partial charge is 0.247 e. The van der Waals surface area contributed by atoms with Crippen LogP contribution in [0.1, 0.15) is 23.1 Å². The highest BCUT2D eigenvalue weighted by atomic mass is 32.2. The summed E-state index contributed by atoms with van der Waals surface area (Å²) in [6.07, 6.45) is 5.51. The molecule has 1 aliphatic rings. The van der Waals surface area contributed by atoms with Crippen molar-refractivity contribution in [3.05, 3.63) is 84.0 Å². The van der Waals surface area contributed by atoms with Crippen molar-refractivity contribution in [2.24, 2.45) is 0 Å². The highest BCUT2D eigenvalue weighted by Crippen LogP contribution is 2.24. The van der Waals surface area contributed by atoms with E-state index in [9.17, 15) is 13.2 Å². The lowest BCUT2D eigenvalue weighted by atomic mass is 10.1. The lowest BCUT2D eigenvalue weighted by Crippen LogP contribution is -2.29. The van der Waals surface area contributed by atoms with Gasteiger partial charge in [-0.05, 0) is 47.9 Å². The van der Waals surface area contributed by atoms with E-state index in [1.54, 1.807) is 53.5 Å². The number of benzene rings is 2. The van der Waals surface area contributed by atoms with Crippen LogP contribution in [0.4, 0.5) is 5.69 Å². The third-order valence-electron chi connectivity index (χ3n) is 4.82. The number of anilines is 1. The first-order valence-corrected chi connectivity index (χ1v) is 11.2. The van der Waals surface area contributed by atoms with Crippen molar-refractivity contribution in [3.63, 3.8) is 0 Å². The topological polar surface area (TPSA) is 81.5 Å². The van der Waals surface area contributed by atoms with Gasteiger partial charge in [-0.2, -0.15) is 5.26 Å². The zero-order chi connectivity index (χ0) is 21.6. The SMILES string of the molecule is C=CCN(Cc1ccc(C#N)cc1)C(=O)/C=C/c1ccc(N2CCCS2(=O)=O)cc1. The van der Waals surface area contributed by atoms with Gasteiger partial charge in [0.2, 0.25) is 15.9 Å². The normalized spacial score (nSPS) is 15.1. The summed E-state index contributed by atoms with van der Waals surface area (Å²) in [6.45, 7) is 5.02. The summed E-state index contributed by atoms with van der Waals surface area (Å²) in [5.74, 6) is 0.0205. The highest BCUT2D eigenvalue weighted by molar-refractivity contribution is 7.93. The molecule has 0 aromatic heterocycles. The minimum absolute atomic E-state index is 0.162. The molecule has 0 bridgehead atoms. The predicted octanol–water partition coefficient (Wildman–Crippen LogP) is 3.33. The Hall–Kier alpha value is -3.37. The third kappa shape index (κ3) is 5.16. The van der Waals surface area contributed by atoms with Gasteiger partial charge in [0.15, 0.2) is 0 Å². The average molecular weight is 422 g/mol. The number of carbonyl (C=O) groups excluding carboxylic acids is 1. The van der Waals surface area contributed by atoms with Gasteiger partial charge < -0.3 is 4.90 Å². The molecule has 6 nitrogen and oxygen atoms in total. The second-order valence-corrected chi connectivity index (χ2v) is 9.00. The van der Waals surface area contributed by atoms with Crippen molar-refractivity contribution >= 4 is 27.7 Å². The Labute approximate surface area is 177 Å². The average Bonchev–Trinajstić information content (AvgIpc) is 3.11. The van der Waals surface area contributed by atoms with E-state index in [-0.39, 0.29) is 11.7 Å². The fourth-order valence-corrected chi connectivity index (χ4v) is 4.81. The Bertz CT molecular complexity index is 1080. The molecule has 30 heavy (non-hydrogen) atoms. The molecule has 0 unspecified atom stereocenters. The fourth-order valence-electron chi connectivity index (χ4n) is 3.25. The second-order valence-electron chi connectivity index (χ2n) is 6.98. The van der Waals surface area contributed by atoms with Crippen molar-refractivity contribution in [3.8, 4) is 6.07 Å². The zero-order valence-electron chi connectivity index (χ0n) is 16.6. The van der Waals surface area contributed by atoms with Crippen molar-refractivity contribution < 1.29 is 13.2 Å². The summed E-state index contributed by atoms with van der Waals surface area (Å²) in [7, 11) is -3.20. The lowest BCUT2D eigenvalue weighted by molar-refractivity contribution is -0.126. The van der Waals surface area contributed by atoms with Gasteiger partial charge in [0.25, 0.3) is 0 Å². The maximum atomic E-state index is 12.6. The molecule has 1 amide bonds. The van der Waals surface area contributed by atoms with Crippen LogP contribution in [0.5, 0.6) is 0 Å². The second kappa shape index (κ2) is 9.42. The van der Waals surface area contributed by atoms with Crippen LogP contribution in [-0.4, -0.2) is 38.1 Å². The van der Waals surface area contributed by atoms with Crippen molar-refractivity contribution in [2.45, 2.75) is 13.0 Å². The van der Waals surface area contributed by atoms with Gasteiger partial charge in [-0.1, -0.05) is 30.3 Å². The number of sulfonamides is 1. The van der Waals surface area contributed by atoms with Crippen LogP contribution in [0.2, 0.25) is 0 Å². The molecule has 3 rings (SSSR count). The van der Waals surface area contributed by atoms with E-state index >= 15 is 0 Å². The number of amides is 1. The van der Waals surface area contributed by atoms with Gasteiger partial charge in [-0.15, -0.1) is 6.58 Å². The first-order chi connectivity index (χ1) is 14.4. The third-order valence-corrected chi connectivity index (χ3v) is 6.69. The first kappa shape index (κ1) is 21.3. The summed E-state index contributed by atoms with van der Waals surface area (Å²) in [5.41, 5.74) is 2.95. The van der Waals surface area contributed by atoms with Gasteiger partial charge in [0.1, 0.15) is 0 Å². The van der Waals surface area contributed by atoms with Crippen LogP contribution in [0.15, 0.2) is 67.3 Å². The predicted molar refractivity (Wildman–Crippen MR) is 118 cm³/mol. The van der Waals surface area contributed by atoms with Gasteiger partial charge in [0.05, 0.1) is 23.1 Å². The van der Waals surface area contributed by atoms with Crippen molar-refractivity contribution in [1.82, 2.24) is 4.90 Å². The minimum atomic E-state index is -3.20. The van der Waals surface area contributed by atoms with E-state index in [1.165, 1.54) is 10.4 Å². The summed E-state index contributed by atoms with van der Waals surface area (Å²) >= 11 is 0. The fraction of sp³-hybridized carbons (Fsp3) is 0.217. The Kier molecular flexibility index (Phi) is 6.70. The van der Waals surface area contributed by atoms with E-state index in [0.29, 0.717) is 37.3 Å². The van der Waals surface area contributed by atoms with E-state index in [0.717, 1.165) is 11.1 Å². The number of nitrogens with zero attached hydrogens (tertiary/aromatic N) is 3. The van der Waals surface area contributed by atoms with E-state index in [2.05, 4.69) is 12.6 Å². The molecule has 154 valence electrons. The van der Waals surface area contributed by atoms with Gasteiger partial charge in [0, 0.05) is 25.7 Å². The largest absolute Gasteiger partial charge is 0.331 e. The van der Waals surface area contributed by atoms with E-state index in [4.69, 9.17) is 5.26 Å². The molecule has 0 saturated carbocycles. The van der Waals surface area contributed by atoms with Crippen LogP contribution in [-0.2, 0) is 21.4 Å². The Balaban J connectivity index is 1.67. The summed E-state index contributed by atoms with van der Waals surface area (Å²) in [5, 5.41) is 8.90. The van der Waals surface area contributed by atoms with Crippen LogP contribution >= 0.6 is 0 Å². The molecule has 1 saturated heterocycles. The Morgan fingerprint density at radius 2 is 1.87 bits per heavy atom. The molecule has 1 fully saturated rings. The van der Waals surface area contributed by atoms with Gasteiger partial charge >= 0.3 is 0 Å². The van der Waals surface area contributed by atoms with Crippen LogP contribution < -0.4 is 4.31 Å². The molecule has 0 N–H and O–H groups in total. The molecule has 2 aromatic rings. The van der Waals surface area contributed by atoms with Crippen molar-refractivity contribution in [1.29, 1.82) is 5.26 Å². The standard InChI is InChI=1S/C23H23N3O3S/c1-2-14-25(18-21-6-4-20(17-24)5-7-21)23(27)13-10-19-8-11-22(12-9-19)26-15-3-16-30(26,28)29/h2,4-13H,1,3,14-16,18H2/b13-10+. The quantitative estimate of drug-likeness (QED) is 0.507. The summed E-state index contributed by atoms with van der Waals surface area (Å²) < 4.78 is 25.5. The number of hydrogen-bond acceptors (Lipinski definition) is 4. The Morgan fingerprint density at radius 1 is 1.17 bits per heavy atom. The van der Waals surface area contributed by atoms with Gasteiger partial charge in [-0.25, -0.2) is 8.42 Å². The highest BCUT2D eigenvalue weighted by Gasteiger charge is 2.28. The number of rotatable bonds is 7. The molecule has 1 aliphatic heterocycles. The van der Waals surface area contributed by atoms with E-state index < -0.39 is 10.0 Å². The zero-order valence-corrected chi connectivity index (χ0v) is 17.4. The molecule has 2 aromatic carbocycles. The maximum absolute atomic E-state index is 12.6. The summed E-state index contributed by atoms with van der Waals surface area (Å²) in [6, 6.07) is 16.3. The minimum Gasteiger partial charge on any atom is -0.331 e. The summed E-state index contributed by atoms with van der Waals surface area (Å²) in [4.78, 5) is 14.3. The van der Waals surface area contributed by atoms with Crippen LogP contribution in [0.3, 0.4) is 0 Å². The molecule has 0 aliphatic carbocycles. The molecule has 0 radical (unpaired) electrons. The monoisotopic (exact) mass is 421 g/mol.